The van der Waals surface area contributed by atoms with Gasteiger partial charge in [0.25, 0.3) is 0 Å². The molecule has 94 valence electrons. The Labute approximate surface area is 104 Å². The van der Waals surface area contributed by atoms with Crippen LogP contribution in [0, 0.1) is 5.92 Å². The number of carbonyl (C=O) groups is 1. The van der Waals surface area contributed by atoms with Gasteiger partial charge in [-0.1, -0.05) is 19.9 Å². The van der Waals surface area contributed by atoms with E-state index in [1.165, 1.54) is 0 Å². The standard InChI is InChI=1S/C14H22N2O/c1-11(2)7-8-14(17)16(4)12(3)13-6-5-9-15-10-13/h5-6,9-12H,7-8H2,1-4H3/t12-/m0/s1. The van der Waals surface area contributed by atoms with Gasteiger partial charge in [0.15, 0.2) is 0 Å². The third-order valence-electron chi connectivity index (χ3n) is 3.08. The Balaban J connectivity index is 2.57. The number of carbonyl (C=O) groups excluding carboxylic acids is 1. The zero-order valence-corrected chi connectivity index (χ0v) is 11.2. The van der Waals surface area contributed by atoms with E-state index in [9.17, 15) is 4.79 Å². The van der Waals surface area contributed by atoms with E-state index in [1.807, 2.05) is 32.3 Å². The van der Waals surface area contributed by atoms with Crippen molar-refractivity contribution in [1.82, 2.24) is 9.88 Å². The highest BCUT2D eigenvalue weighted by molar-refractivity contribution is 5.76. The van der Waals surface area contributed by atoms with Crippen molar-refractivity contribution >= 4 is 5.91 Å². The van der Waals surface area contributed by atoms with Crippen molar-refractivity contribution in [2.75, 3.05) is 7.05 Å². The fraction of sp³-hybridized carbons (Fsp3) is 0.571. The molecule has 17 heavy (non-hydrogen) atoms. The molecule has 1 rings (SSSR count). The molecule has 0 spiro atoms. The van der Waals surface area contributed by atoms with Crippen molar-refractivity contribution < 1.29 is 4.79 Å². The zero-order valence-electron chi connectivity index (χ0n) is 11.2. The molecule has 1 heterocycles. The molecule has 0 saturated heterocycles. The molecule has 3 heteroatoms. The number of aromatic nitrogens is 1. The lowest BCUT2D eigenvalue weighted by molar-refractivity contribution is -0.132. The Kier molecular flexibility index (Phi) is 5.13. The second-order valence-electron chi connectivity index (χ2n) is 4.90. The molecule has 0 N–H and O–H groups in total. The lowest BCUT2D eigenvalue weighted by atomic mass is 10.1. The van der Waals surface area contributed by atoms with Crippen LogP contribution in [0.25, 0.3) is 0 Å². The van der Waals surface area contributed by atoms with Crippen LogP contribution >= 0.6 is 0 Å². The average molecular weight is 234 g/mol. The van der Waals surface area contributed by atoms with Gasteiger partial charge >= 0.3 is 0 Å². The van der Waals surface area contributed by atoms with Gasteiger partial charge in [0, 0.05) is 25.9 Å². The lowest BCUT2D eigenvalue weighted by Crippen LogP contribution is -2.29. The number of hydrogen-bond acceptors (Lipinski definition) is 2. The van der Waals surface area contributed by atoms with Gasteiger partial charge in [0.1, 0.15) is 0 Å². The number of rotatable bonds is 5. The summed E-state index contributed by atoms with van der Waals surface area (Å²) in [5.74, 6) is 0.774. The maximum atomic E-state index is 12.0. The SMILES string of the molecule is CC(C)CCC(=O)N(C)[C@@H](C)c1cccnc1. The molecule has 0 saturated carbocycles. The summed E-state index contributed by atoms with van der Waals surface area (Å²) in [5.41, 5.74) is 1.08. The van der Waals surface area contributed by atoms with Crippen molar-refractivity contribution in [3.05, 3.63) is 30.1 Å². The minimum Gasteiger partial charge on any atom is -0.339 e. The molecule has 0 bridgehead atoms. The molecule has 1 aromatic heterocycles. The summed E-state index contributed by atoms with van der Waals surface area (Å²) in [6.45, 7) is 6.31. The lowest BCUT2D eigenvalue weighted by Gasteiger charge is -2.25. The van der Waals surface area contributed by atoms with Crippen LogP contribution in [0.15, 0.2) is 24.5 Å². The van der Waals surface area contributed by atoms with E-state index in [1.54, 1.807) is 11.1 Å². The maximum Gasteiger partial charge on any atom is 0.222 e. The highest BCUT2D eigenvalue weighted by atomic mass is 16.2. The van der Waals surface area contributed by atoms with Crippen molar-refractivity contribution in [2.45, 2.75) is 39.7 Å². The van der Waals surface area contributed by atoms with Crippen molar-refractivity contribution in [3.63, 3.8) is 0 Å². The summed E-state index contributed by atoms with van der Waals surface area (Å²) in [7, 11) is 1.86. The van der Waals surface area contributed by atoms with Gasteiger partial charge in [-0.2, -0.15) is 0 Å². The van der Waals surface area contributed by atoms with Gasteiger partial charge < -0.3 is 4.90 Å². The molecule has 1 aromatic rings. The highest BCUT2D eigenvalue weighted by Gasteiger charge is 2.17. The Hall–Kier alpha value is -1.38. The molecule has 0 aliphatic heterocycles. The molecule has 0 aliphatic rings. The maximum absolute atomic E-state index is 12.0. The van der Waals surface area contributed by atoms with Crippen LogP contribution in [-0.4, -0.2) is 22.8 Å². The number of pyridine rings is 1. The molecular weight excluding hydrogens is 212 g/mol. The summed E-state index contributed by atoms with van der Waals surface area (Å²) >= 11 is 0. The third-order valence-corrected chi connectivity index (χ3v) is 3.08. The Morgan fingerprint density at radius 3 is 2.65 bits per heavy atom. The summed E-state index contributed by atoms with van der Waals surface area (Å²) in [6.07, 6.45) is 5.13. The van der Waals surface area contributed by atoms with E-state index < -0.39 is 0 Å². The van der Waals surface area contributed by atoms with Gasteiger partial charge in [-0.15, -0.1) is 0 Å². The van der Waals surface area contributed by atoms with Crippen LogP contribution < -0.4 is 0 Å². The molecular formula is C14H22N2O. The number of nitrogens with zero attached hydrogens (tertiary/aromatic N) is 2. The van der Waals surface area contributed by atoms with E-state index in [0.717, 1.165) is 12.0 Å². The van der Waals surface area contributed by atoms with Crippen LogP contribution in [0.2, 0.25) is 0 Å². The normalized spacial score (nSPS) is 12.5. The fourth-order valence-electron chi connectivity index (χ4n) is 1.65. The van der Waals surface area contributed by atoms with Crippen LogP contribution in [0.3, 0.4) is 0 Å². The first-order chi connectivity index (χ1) is 8.02. The van der Waals surface area contributed by atoms with Gasteiger partial charge in [-0.05, 0) is 30.9 Å². The topological polar surface area (TPSA) is 33.2 Å². The Morgan fingerprint density at radius 2 is 2.12 bits per heavy atom. The monoisotopic (exact) mass is 234 g/mol. The predicted octanol–water partition coefficient (Wildman–Crippen LogP) is 3.04. The van der Waals surface area contributed by atoms with Crippen molar-refractivity contribution in [2.24, 2.45) is 5.92 Å². The third kappa shape index (κ3) is 4.17. The van der Waals surface area contributed by atoms with E-state index in [0.29, 0.717) is 12.3 Å². The Bertz CT molecular complexity index is 348. The second kappa shape index (κ2) is 6.38. The largest absolute Gasteiger partial charge is 0.339 e. The van der Waals surface area contributed by atoms with Crippen LogP contribution in [-0.2, 0) is 4.79 Å². The first-order valence-corrected chi connectivity index (χ1v) is 6.18. The molecule has 0 unspecified atom stereocenters. The van der Waals surface area contributed by atoms with E-state index in [-0.39, 0.29) is 11.9 Å². The quantitative estimate of drug-likeness (QED) is 0.784. The molecule has 0 fully saturated rings. The van der Waals surface area contributed by atoms with Crippen LogP contribution in [0.5, 0.6) is 0 Å². The average Bonchev–Trinajstić information content (AvgIpc) is 2.35. The van der Waals surface area contributed by atoms with Gasteiger partial charge in [0.2, 0.25) is 5.91 Å². The van der Waals surface area contributed by atoms with Crippen LogP contribution in [0.1, 0.15) is 45.2 Å². The van der Waals surface area contributed by atoms with Crippen LogP contribution in [0.4, 0.5) is 0 Å². The zero-order chi connectivity index (χ0) is 12.8. The summed E-state index contributed by atoms with van der Waals surface area (Å²) in [4.78, 5) is 17.9. The van der Waals surface area contributed by atoms with Gasteiger partial charge in [-0.25, -0.2) is 0 Å². The number of amides is 1. The summed E-state index contributed by atoms with van der Waals surface area (Å²) in [5, 5.41) is 0. The molecule has 0 aliphatic carbocycles. The molecule has 1 atom stereocenters. The number of hydrogen-bond donors (Lipinski definition) is 0. The fourth-order valence-corrected chi connectivity index (χ4v) is 1.65. The van der Waals surface area contributed by atoms with Gasteiger partial charge in [0.05, 0.1) is 6.04 Å². The minimum atomic E-state index is 0.0864. The molecule has 3 nitrogen and oxygen atoms in total. The van der Waals surface area contributed by atoms with E-state index in [2.05, 4.69) is 18.8 Å². The summed E-state index contributed by atoms with van der Waals surface area (Å²) < 4.78 is 0. The van der Waals surface area contributed by atoms with Crippen molar-refractivity contribution in [1.29, 1.82) is 0 Å². The molecule has 0 aromatic carbocycles. The Morgan fingerprint density at radius 1 is 1.41 bits per heavy atom. The van der Waals surface area contributed by atoms with E-state index >= 15 is 0 Å². The molecule has 0 radical (unpaired) electrons. The minimum absolute atomic E-state index is 0.0864. The smallest absolute Gasteiger partial charge is 0.222 e. The van der Waals surface area contributed by atoms with Crippen molar-refractivity contribution in [3.8, 4) is 0 Å². The second-order valence-corrected chi connectivity index (χ2v) is 4.90. The molecule has 1 amide bonds. The van der Waals surface area contributed by atoms with E-state index in [4.69, 9.17) is 0 Å². The van der Waals surface area contributed by atoms with Gasteiger partial charge in [-0.3, -0.25) is 9.78 Å². The predicted molar refractivity (Wildman–Crippen MR) is 69.5 cm³/mol. The first-order valence-electron chi connectivity index (χ1n) is 6.18. The highest BCUT2D eigenvalue weighted by Crippen LogP contribution is 2.19. The first kappa shape index (κ1) is 13.7. The summed E-state index contributed by atoms with van der Waals surface area (Å²) in [6, 6.07) is 3.99.